The van der Waals surface area contributed by atoms with Crippen molar-refractivity contribution >= 4 is 44.2 Å². The number of aliphatic carboxylic acids is 1. The Morgan fingerprint density at radius 1 is 1.42 bits per heavy atom. The molecule has 0 bridgehead atoms. The Hall–Kier alpha value is -1.27. The van der Waals surface area contributed by atoms with Gasteiger partial charge in [-0.25, -0.2) is 18.8 Å². The summed E-state index contributed by atoms with van der Waals surface area (Å²) in [6, 6.07) is -0.789. The molecule has 0 aromatic rings. The van der Waals surface area contributed by atoms with Crippen molar-refractivity contribution in [1.82, 2.24) is 14.9 Å². The summed E-state index contributed by atoms with van der Waals surface area (Å²) in [7, 11) is -8.59. The number of thioether (sulfide) groups is 1. The van der Waals surface area contributed by atoms with Gasteiger partial charge in [0, 0.05) is 35.2 Å². The van der Waals surface area contributed by atoms with E-state index in [1.807, 2.05) is 0 Å². The summed E-state index contributed by atoms with van der Waals surface area (Å²) in [5.41, 5.74) is -0.145. The molecule has 0 aromatic carbocycles. The molecule has 3 heterocycles. The van der Waals surface area contributed by atoms with Crippen molar-refractivity contribution in [3.05, 3.63) is 10.6 Å². The van der Waals surface area contributed by atoms with Crippen LogP contribution in [0.2, 0.25) is 0 Å². The van der Waals surface area contributed by atoms with Crippen molar-refractivity contribution in [3.8, 4) is 0 Å². The predicted molar refractivity (Wildman–Crippen MR) is 109 cm³/mol. The fraction of sp³-hybridized carbons (Fsp3) is 0.733. The maximum atomic E-state index is 12.6. The number of fused-ring (bicyclic) bond motifs is 1. The van der Waals surface area contributed by atoms with E-state index in [-0.39, 0.29) is 23.5 Å². The van der Waals surface area contributed by atoms with Crippen LogP contribution in [-0.4, -0.2) is 79.8 Å². The smallest absolute Gasteiger partial charge is 0.397 e. The van der Waals surface area contributed by atoms with Crippen molar-refractivity contribution in [2.45, 2.75) is 43.7 Å². The van der Waals surface area contributed by atoms with E-state index in [4.69, 9.17) is 9.69 Å². The first kappa shape index (κ1) is 24.4. The van der Waals surface area contributed by atoms with Gasteiger partial charge in [-0.3, -0.25) is 9.35 Å². The fourth-order valence-corrected chi connectivity index (χ4v) is 6.80. The van der Waals surface area contributed by atoms with Gasteiger partial charge >= 0.3 is 16.4 Å². The third-order valence-electron chi connectivity index (χ3n) is 5.58. The molecule has 3 rings (SSSR count). The van der Waals surface area contributed by atoms with E-state index in [9.17, 15) is 31.5 Å². The number of β-lactam (4-membered cyclic amide) rings is 1. The van der Waals surface area contributed by atoms with Gasteiger partial charge in [0.25, 0.3) is 10.2 Å². The number of carbonyl (C=O) groups excluding carboxylic acids is 1. The van der Waals surface area contributed by atoms with Crippen LogP contribution in [0.15, 0.2) is 10.6 Å². The molecular weight excluding hydrogens is 476 g/mol. The summed E-state index contributed by atoms with van der Waals surface area (Å²) >= 11 is 1.30. The van der Waals surface area contributed by atoms with Gasteiger partial charge in [-0.1, -0.05) is 6.92 Å². The maximum absolute atomic E-state index is 12.6. The van der Waals surface area contributed by atoms with Gasteiger partial charge in [0.05, 0.1) is 18.1 Å². The van der Waals surface area contributed by atoms with Gasteiger partial charge in [-0.05, 0) is 13.3 Å². The lowest BCUT2D eigenvalue weighted by molar-refractivity contribution is -0.162. The van der Waals surface area contributed by atoms with Gasteiger partial charge in [0.2, 0.25) is 5.91 Å². The number of hydrogen-bond acceptors (Lipinski definition) is 9. The van der Waals surface area contributed by atoms with E-state index in [2.05, 4.69) is 14.2 Å². The topological polar surface area (TPSA) is 205 Å². The summed E-state index contributed by atoms with van der Waals surface area (Å²) < 4.78 is 59.8. The molecular formula is C15H24N4O9S3. The number of carboxylic acid groups (broad SMARTS) is 1. The van der Waals surface area contributed by atoms with Crippen molar-refractivity contribution < 1.29 is 40.3 Å². The number of nitrogens with one attached hydrogen (secondary N) is 2. The molecule has 0 radical (unpaired) electrons. The van der Waals surface area contributed by atoms with Crippen molar-refractivity contribution in [3.63, 3.8) is 0 Å². The third-order valence-corrected chi connectivity index (χ3v) is 8.20. The molecule has 1 amide bonds. The summed E-state index contributed by atoms with van der Waals surface area (Å²) in [6.45, 7) is 3.67. The zero-order chi connectivity index (χ0) is 23.3. The monoisotopic (exact) mass is 500 g/mol. The predicted octanol–water partition coefficient (Wildman–Crippen LogP) is -1.78. The van der Waals surface area contributed by atoms with Crippen LogP contribution in [0.1, 0.15) is 20.3 Å². The second kappa shape index (κ2) is 8.58. The van der Waals surface area contributed by atoms with E-state index < -0.39 is 56.5 Å². The highest BCUT2D eigenvalue weighted by atomic mass is 32.3. The lowest BCUT2D eigenvalue weighted by atomic mass is 9.79. The van der Waals surface area contributed by atoms with Crippen LogP contribution in [-0.2, 0) is 34.4 Å². The Morgan fingerprint density at radius 2 is 2.06 bits per heavy atom. The van der Waals surface area contributed by atoms with Crippen molar-refractivity contribution in [1.29, 1.82) is 0 Å². The van der Waals surface area contributed by atoms with Crippen LogP contribution in [0.5, 0.6) is 0 Å². The highest BCUT2D eigenvalue weighted by Crippen LogP contribution is 2.52. The van der Waals surface area contributed by atoms with E-state index >= 15 is 0 Å². The van der Waals surface area contributed by atoms with Gasteiger partial charge in [-0.2, -0.15) is 16.8 Å². The van der Waals surface area contributed by atoms with E-state index in [1.165, 1.54) is 18.7 Å². The first-order valence-corrected chi connectivity index (χ1v) is 13.1. The molecule has 0 saturated carbocycles. The molecule has 6 N–H and O–H groups in total. The summed E-state index contributed by atoms with van der Waals surface area (Å²) in [5, 5.41) is 17.7. The SMILES string of the molecule is C[C@@H](OS(=O)(=O)O)[C@H]1C(=O)N2C(C(=O)O)=C(S[C@@H]3CN[C@H](CNS(N)(=O)=O)C3)[C@H](C)[C@H]12. The normalized spacial score (nSPS) is 32.2. The lowest BCUT2D eigenvalue weighted by Crippen LogP contribution is -2.64. The third kappa shape index (κ3) is 5.22. The number of amides is 1. The standard InChI is InChI=1S/C15H24N4O9S3/c1-6-11-10(7(2)28-31(25,26)27)14(20)19(11)12(15(21)22)13(6)29-9-3-8(17-5-9)4-18-30(16,23)24/h6-11,17-18H,3-5H2,1-2H3,(H,21,22)(H2,16,23,24)(H,25,26,27)/t6-,7-,8+,9+,10-,11-/m1/s1. The fourth-order valence-electron chi connectivity index (χ4n) is 4.34. The molecule has 13 nitrogen and oxygen atoms in total. The second-order valence-corrected chi connectivity index (χ2v) is 11.5. The summed E-state index contributed by atoms with van der Waals surface area (Å²) in [4.78, 5) is 26.2. The van der Waals surface area contributed by atoms with Crippen LogP contribution >= 0.6 is 11.8 Å². The molecule has 0 aliphatic carbocycles. The van der Waals surface area contributed by atoms with Crippen LogP contribution < -0.4 is 15.2 Å². The average Bonchev–Trinajstić information content (AvgIpc) is 3.13. The van der Waals surface area contributed by atoms with Crippen molar-refractivity contribution in [2.24, 2.45) is 17.0 Å². The molecule has 31 heavy (non-hydrogen) atoms. The zero-order valence-electron chi connectivity index (χ0n) is 16.6. The van der Waals surface area contributed by atoms with Crippen LogP contribution in [0, 0.1) is 11.8 Å². The number of hydrogen-bond donors (Lipinski definition) is 5. The van der Waals surface area contributed by atoms with Crippen molar-refractivity contribution in [2.75, 3.05) is 13.1 Å². The molecule has 16 heteroatoms. The first-order valence-electron chi connectivity index (χ1n) is 9.33. The Labute approximate surface area is 183 Å². The maximum Gasteiger partial charge on any atom is 0.397 e. The van der Waals surface area contributed by atoms with E-state index in [1.54, 1.807) is 6.92 Å². The zero-order valence-corrected chi connectivity index (χ0v) is 19.0. The van der Waals surface area contributed by atoms with E-state index in [0.717, 1.165) is 4.90 Å². The summed E-state index contributed by atoms with van der Waals surface area (Å²) in [6.07, 6.45) is -0.618. The van der Waals surface area contributed by atoms with Crippen LogP contribution in [0.4, 0.5) is 0 Å². The molecule has 176 valence electrons. The Balaban J connectivity index is 1.73. The van der Waals surface area contributed by atoms with Gasteiger partial charge in [-0.15, -0.1) is 11.8 Å². The largest absolute Gasteiger partial charge is 0.477 e. The number of nitrogens with two attached hydrogens (primary N) is 1. The molecule has 0 spiro atoms. The second-order valence-electron chi connectivity index (χ2n) is 7.73. The van der Waals surface area contributed by atoms with Gasteiger partial charge in [0.1, 0.15) is 5.70 Å². The Morgan fingerprint density at radius 3 is 2.61 bits per heavy atom. The number of carboxylic acids is 1. The van der Waals surface area contributed by atoms with E-state index in [0.29, 0.717) is 17.9 Å². The van der Waals surface area contributed by atoms with Crippen LogP contribution in [0.3, 0.4) is 0 Å². The Bertz CT molecular complexity index is 1010. The quantitative estimate of drug-likeness (QED) is 0.177. The number of rotatable bonds is 9. The molecule has 0 aromatic heterocycles. The highest BCUT2D eigenvalue weighted by molar-refractivity contribution is 8.03. The minimum atomic E-state index is -4.77. The highest BCUT2D eigenvalue weighted by Gasteiger charge is 2.61. The minimum absolute atomic E-state index is 0.0715. The molecule has 2 saturated heterocycles. The molecule has 3 aliphatic heterocycles. The Kier molecular flexibility index (Phi) is 6.75. The molecule has 6 atom stereocenters. The van der Waals surface area contributed by atoms with Gasteiger partial charge in [0.15, 0.2) is 0 Å². The average molecular weight is 501 g/mol. The number of carbonyl (C=O) groups is 2. The molecule has 2 fully saturated rings. The summed E-state index contributed by atoms with van der Waals surface area (Å²) in [5.74, 6) is -3.17. The van der Waals surface area contributed by atoms with Gasteiger partial charge < -0.3 is 15.3 Å². The lowest BCUT2D eigenvalue weighted by Gasteiger charge is -2.46. The molecule has 3 aliphatic rings. The van der Waals surface area contributed by atoms with Crippen LogP contribution in [0.25, 0.3) is 0 Å². The number of nitrogens with zero attached hydrogens (tertiary/aromatic N) is 1. The minimum Gasteiger partial charge on any atom is -0.477 e. The molecule has 0 unspecified atom stereocenters. The first-order chi connectivity index (χ1) is 14.2.